The molecule has 11 heteroatoms. The first kappa shape index (κ1) is 25.7. The summed E-state index contributed by atoms with van der Waals surface area (Å²) in [5.41, 5.74) is 1.81. The third-order valence-electron chi connectivity index (χ3n) is 5.75. The average molecular weight is 551 g/mol. The summed E-state index contributed by atoms with van der Waals surface area (Å²) in [7, 11) is 0. The second-order valence-corrected chi connectivity index (χ2v) is 9.91. The third-order valence-corrected chi connectivity index (χ3v) is 7.09. The molecule has 0 unspecified atom stereocenters. The van der Waals surface area contributed by atoms with E-state index in [1.54, 1.807) is 29.3 Å². The zero-order valence-corrected chi connectivity index (χ0v) is 21.7. The highest BCUT2D eigenvalue weighted by molar-refractivity contribution is 7.80. The Morgan fingerprint density at radius 1 is 1.08 bits per heavy atom. The van der Waals surface area contributed by atoms with Crippen molar-refractivity contribution in [3.05, 3.63) is 83.1 Å². The molecule has 0 atom stereocenters. The first-order valence-electron chi connectivity index (χ1n) is 11.8. The summed E-state index contributed by atoms with van der Waals surface area (Å²) in [5.74, 6) is -0.602. The highest BCUT2D eigenvalue weighted by Gasteiger charge is 2.22. The maximum absolute atomic E-state index is 14.9. The highest BCUT2D eigenvalue weighted by atomic mass is 32.1. The molecule has 2 amide bonds. The molecule has 2 N–H and O–H groups in total. The molecule has 194 valence electrons. The predicted octanol–water partition coefficient (Wildman–Crippen LogP) is 4.76. The molecule has 0 aliphatic carbocycles. The van der Waals surface area contributed by atoms with Crippen LogP contribution in [-0.4, -0.2) is 53.1 Å². The van der Waals surface area contributed by atoms with Crippen molar-refractivity contribution < 1.29 is 23.5 Å². The minimum absolute atomic E-state index is 0.00321. The van der Waals surface area contributed by atoms with Gasteiger partial charge in [0.05, 0.1) is 34.7 Å². The molecular weight excluding hydrogens is 527 g/mol. The minimum atomic E-state index is -0.625. The molecule has 4 aromatic rings. The van der Waals surface area contributed by atoms with Gasteiger partial charge in [-0.3, -0.25) is 14.6 Å². The van der Waals surface area contributed by atoms with Crippen LogP contribution in [0.25, 0.3) is 10.2 Å². The lowest BCUT2D eigenvalue weighted by atomic mass is 10.1. The van der Waals surface area contributed by atoms with Gasteiger partial charge in [-0.05, 0) is 36.0 Å². The van der Waals surface area contributed by atoms with Crippen LogP contribution in [0, 0.1) is 5.82 Å². The van der Waals surface area contributed by atoms with Gasteiger partial charge in [0, 0.05) is 37.1 Å². The summed E-state index contributed by atoms with van der Waals surface area (Å²) in [5, 5.41) is 5.46. The molecule has 1 saturated heterocycles. The molecule has 3 heterocycles. The first-order valence-corrected chi connectivity index (χ1v) is 13.1. The zero-order chi connectivity index (χ0) is 26.5. The number of nitrogens with one attached hydrogen (secondary N) is 2. The number of morpholine rings is 1. The van der Waals surface area contributed by atoms with E-state index < -0.39 is 5.82 Å². The Kier molecular flexibility index (Phi) is 7.87. The van der Waals surface area contributed by atoms with Gasteiger partial charge in [0.2, 0.25) is 5.91 Å². The van der Waals surface area contributed by atoms with Crippen molar-refractivity contribution in [1.29, 1.82) is 0 Å². The Morgan fingerprint density at radius 2 is 1.87 bits per heavy atom. The molecular formula is C27H23FN4O4S2. The van der Waals surface area contributed by atoms with Crippen molar-refractivity contribution in [3.8, 4) is 11.5 Å². The van der Waals surface area contributed by atoms with Crippen molar-refractivity contribution >= 4 is 56.4 Å². The van der Waals surface area contributed by atoms with E-state index in [-0.39, 0.29) is 29.1 Å². The topological polar surface area (TPSA) is 92.8 Å². The molecule has 1 fully saturated rings. The monoisotopic (exact) mass is 550 g/mol. The number of pyridine rings is 1. The second-order valence-electron chi connectivity index (χ2n) is 8.45. The van der Waals surface area contributed by atoms with Gasteiger partial charge in [0.15, 0.2) is 16.7 Å². The number of ether oxygens (including phenoxy) is 2. The standard InChI is InChI=1S/C27H23FN4O4S2/c28-19-15-18(30-27(37)31-24(33)14-17-4-2-1-3-5-17)6-7-21(19)36-22-8-9-29-20-16-23(38-25(20)22)26(34)32-10-12-35-13-11-32/h1-9,15-16H,10-14H2,(H2,30,31,33,37). The van der Waals surface area contributed by atoms with E-state index in [4.69, 9.17) is 21.7 Å². The van der Waals surface area contributed by atoms with E-state index in [9.17, 15) is 14.0 Å². The van der Waals surface area contributed by atoms with Crippen molar-refractivity contribution in [2.45, 2.75) is 6.42 Å². The van der Waals surface area contributed by atoms with Gasteiger partial charge in [-0.25, -0.2) is 4.39 Å². The van der Waals surface area contributed by atoms with Crippen molar-refractivity contribution in [3.63, 3.8) is 0 Å². The number of halogens is 1. The number of thiocarbonyl (C=S) groups is 1. The first-order chi connectivity index (χ1) is 18.5. The number of fused-ring (bicyclic) bond motifs is 1. The van der Waals surface area contributed by atoms with E-state index in [2.05, 4.69) is 15.6 Å². The number of anilines is 1. The van der Waals surface area contributed by atoms with Gasteiger partial charge >= 0.3 is 0 Å². The predicted molar refractivity (Wildman–Crippen MR) is 147 cm³/mol. The number of thiophene rings is 1. The quantitative estimate of drug-likeness (QED) is 0.335. The number of amides is 2. The van der Waals surface area contributed by atoms with Crippen LogP contribution in [0.2, 0.25) is 0 Å². The number of aromatic nitrogens is 1. The molecule has 2 aromatic carbocycles. The Bertz CT molecular complexity index is 1490. The lowest BCUT2D eigenvalue weighted by molar-refractivity contribution is -0.119. The van der Waals surface area contributed by atoms with Gasteiger partial charge in [-0.2, -0.15) is 0 Å². The van der Waals surface area contributed by atoms with Crippen molar-refractivity contribution in [2.24, 2.45) is 0 Å². The second kappa shape index (κ2) is 11.6. The molecule has 5 rings (SSSR count). The maximum atomic E-state index is 14.9. The number of rotatable bonds is 6. The molecule has 0 saturated carbocycles. The Balaban J connectivity index is 1.24. The molecule has 38 heavy (non-hydrogen) atoms. The van der Waals surface area contributed by atoms with Gasteiger partial charge < -0.3 is 25.0 Å². The number of benzene rings is 2. The normalized spacial score (nSPS) is 13.2. The van der Waals surface area contributed by atoms with Crippen LogP contribution < -0.4 is 15.4 Å². The van der Waals surface area contributed by atoms with Crippen LogP contribution in [0.15, 0.2) is 66.9 Å². The SMILES string of the molecule is O=C(Cc1ccccc1)NC(=S)Nc1ccc(Oc2ccnc3cc(C(=O)N4CCOCC4)sc23)c(F)c1. The van der Waals surface area contributed by atoms with Crippen LogP contribution in [0.3, 0.4) is 0 Å². The zero-order valence-electron chi connectivity index (χ0n) is 20.1. The summed E-state index contributed by atoms with van der Waals surface area (Å²) in [4.78, 5) is 31.7. The van der Waals surface area contributed by atoms with Crippen LogP contribution in [0.5, 0.6) is 11.5 Å². The molecule has 0 radical (unpaired) electrons. The van der Waals surface area contributed by atoms with Crippen LogP contribution in [-0.2, 0) is 16.0 Å². The molecule has 8 nitrogen and oxygen atoms in total. The lowest BCUT2D eigenvalue weighted by Crippen LogP contribution is -2.40. The molecule has 1 aliphatic rings. The smallest absolute Gasteiger partial charge is 0.264 e. The highest BCUT2D eigenvalue weighted by Crippen LogP contribution is 2.36. The van der Waals surface area contributed by atoms with E-state index in [0.29, 0.717) is 52.8 Å². The summed E-state index contributed by atoms with van der Waals surface area (Å²) in [6.07, 6.45) is 1.73. The van der Waals surface area contributed by atoms with Gasteiger partial charge in [-0.1, -0.05) is 30.3 Å². The lowest BCUT2D eigenvalue weighted by Gasteiger charge is -2.26. The van der Waals surface area contributed by atoms with Gasteiger partial charge in [0.25, 0.3) is 5.91 Å². The summed E-state index contributed by atoms with van der Waals surface area (Å²) in [6, 6.07) is 16.9. The van der Waals surface area contributed by atoms with Gasteiger partial charge in [-0.15, -0.1) is 11.3 Å². The molecule has 0 spiro atoms. The van der Waals surface area contributed by atoms with E-state index >= 15 is 0 Å². The number of hydrogen-bond donors (Lipinski definition) is 2. The molecule has 1 aliphatic heterocycles. The average Bonchev–Trinajstić information content (AvgIpc) is 3.36. The number of carbonyl (C=O) groups excluding carboxylic acids is 2. The Morgan fingerprint density at radius 3 is 2.63 bits per heavy atom. The van der Waals surface area contributed by atoms with Crippen LogP contribution >= 0.6 is 23.6 Å². The fourth-order valence-electron chi connectivity index (χ4n) is 3.92. The number of nitrogens with zero attached hydrogens (tertiary/aromatic N) is 2. The minimum Gasteiger partial charge on any atom is -0.453 e. The van der Waals surface area contributed by atoms with Crippen LogP contribution in [0.1, 0.15) is 15.2 Å². The Labute approximate surface area is 227 Å². The molecule has 2 aromatic heterocycles. The maximum Gasteiger partial charge on any atom is 0.264 e. The van der Waals surface area contributed by atoms with Gasteiger partial charge in [0.1, 0.15) is 5.75 Å². The number of carbonyl (C=O) groups is 2. The van der Waals surface area contributed by atoms with E-state index in [1.165, 1.54) is 23.5 Å². The number of hydrogen-bond acceptors (Lipinski definition) is 7. The Hall–Kier alpha value is -3.93. The van der Waals surface area contributed by atoms with Crippen LogP contribution in [0.4, 0.5) is 10.1 Å². The van der Waals surface area contributed by atoms with E-state index in [0.717, 1.165) is 5.56 Å². The fourth-order valence-corrected chi connectivity index (χ4v) is 5.18. The summed E-state index contributed by atoms with van der Waals surface area (Å²) in [6.45, 7) is 2.10. The molecule has 0 bridgehead atoms. The van der Waals surface area contributed by atoms with E-state index in [1.807, 2.05) is 30.3 Å². The third kappa shape index (κ3) is 6.13. The summed E-state index contributed by atoms with van der Waals surface area (Å²) < 4.78 is 26.8. The fraction of sp³-hybridized carbons (Fsp3) is 0.185. The largest absolute Gasteiger partial charge is 0.453 e. The van der Waals surface area contributed by atoms with Crippen molar-refractivity contribution in [2.75, 3.05) is 31.6 Å². The summed E-state index contributed by atoms with van der Waals surface area (Å²) >= 11 is 6.45. The van der Waals surface area contributed by atoms with Crippen molar-refractivity contribution in [1.82, 2.24) is 15.2 Å².